The second-order valence-electron chi connectivity index (χ2n) is 5.39. The Morgan fingerprint density at radius 3 is 2.61 bits per heavy atom. The van der Waals surface area contributed by atoms with Gasteiger partial charge in [0.05, 0.1) is 5.69 Å². The van der Waals surface area contributed by atoms with E-state index < -0.39 is 16.1 Å². The molecular weight excluding hydrogens is 320 g/mol. The first kappa shape index (κ1) is 17.3. The predicted octanol–water partition coefficient (Wildman–Crippen LogP) is 2.02. The number of ether oxygens (including phenoxy) is 1. The van der Waals surface area contributed by atoms with Crippen molar-refractivity contribution in [3.05, 3.63) is 18.2 Å². The summed E-state index contributed by atoms with van der Waals surface area (Å²) in [4.78, 5) is 24.7. The van der Waals surface area contributed by atoms with Gasteiger partial charge in [0, 0.05) is 19.7 Å². The van der Waals surface area contributed by atoms with Crippen molar-refractivity contribution in [3.63, 3.8) is 0 Å². The SMILES string of the molecule is CCCCN1C(=O)N(C)c2cc(OCC(C)=O)ccc2S1(=O)=O. The Labute approximate surface area is 135 Å². The van der Waals surface area contributed by atoms with E-state index >= 15 is 0 Å². The molecule has 0 saturated carbocycles. The summed E-state index contributed by atoms with van der Waals surface area (Å²) in [6.07, 6.45) is 1.39. The van der Waals surface area contributed by atoms with Crippen molar-refractivity contribution >= 4 is 27.5 Å². The summed E-state index contributed by atoms with van der Waals surface area (Å²) in [5, 5.41) is 0. The highest BCUT2D eigenvalue weighted by atomic mass is 32.2. The lowest BCUT2D eigenvalue weighted by Gasteiger charge is -2.34. The van der Waals surface area contributed by atoms with Crippen LogP contribution in [0.1, 0.15) is 26.7 Å². The number of ketones is 1. The van der Waals surface area contributed by atoms with Crippen molar-refractivity contribution in [2.45, 2.75) is 31.6 Å². The first-order valence-electron chi connectivity index (χ1n) is 7.35. The first-order valence-corrected chi connectivity index (χ1v) is 8.79. The van der Waals surface area contributed by atoms with Crippen LogP contribution >= 0.6 is 0 Å². The highest BCUT2D eigenvalue weighted by molar-refractivity contribution is 7.90. The van der Waals surface area contributed by atoms with E-state index in [1.165, 1.54) is 37.1 Å². The lowest BCUT2D eigenvalue weighted by molar-refractivity contribution is -0.118. The zero-order valence-electron chi connectivity index (χ0n) is 13.4. The Balaban J connectivity index is 2.41. The van der Waals surface area contributed by atoms with Crippen molar-refractivity contribution < 1.29 is 22.7 Å². The zero-order valence-corrected chi connectivity index (χ0v) is 14.2. The fourth-order valence-corrected chi connectivity index (χ4v) is 3.90. The highest BCUT2D eigenvalue weighted by Crippen LogP contribution is 2.36. The number of hydrogen-bond acceptors (Lipinski definition) is 5. The van der Waals surface area contributed by atoms with Crippen LogP contribution in [-0.4, -0.2) is 44.7 Å². The van der Waals surface area contributed by atoms with Crippen molar-refractivity contribution in [2.75, 3.05) is 25.1 Å². The summed E-state index contributed by atoms with van der Waals surface area (Å²) in [5.41, 5.74) is 0.254. The molecule has 126 valence electrons. The van der Waals surface area contributed by atoms with Crippen molar-refractivity contribution in [3.8, 4) is 5.75 Å². The van der Waals surface area contributed by atoms with Gasteiger partial charge in [-0.25, -0.2) is 17.5 Å². The summed E-state index contributed by atoms with van der Waals surface area (Å²) in [5.74, 6) is 0.196. The normalized spacial score (nSPS) is 16.2. The van der Waals surface area contributed by atoms with Crippen LogP contribution in [0, 0.1) is 0 Å². The van der Waals surface area contributed by atoms with E-state index in [0.29, 0.717) is 12.2 Å². The molecule has 1 aromatic carbocycles. The average Bonchev–Trinajstić information content (AvgIpc) is 2.50. The number of unbranched alkanes of at least 4 members (excludes halogenated alkanes) is 1. The molecule has 0 radical (unpaired) electrons. The minimum atomic E-state index is -3.87. The molecule has 7 nitrogen and oxygen atoms in total. The molecule has 0 aliphatic carbocycles. The number of amides is 2. The maximum absolute atomic E-state index is 12.6. The number of anilines is 1. The van der Waals surface area contributed by atoms with Gasteiger partial charge in [-0.05, 0) is 25.5 Å². The third kappa shape index (κ3) is 3.31. The minimum Gasteiger partial charge on any atom is -0.486 e. The molecule has 1 aromatic rings. The number of benzene rings is 1. The van der Waals surface area contributed by atoms with E-state index in [9.17, 15) is 18.0 Å². The third-order valence-electron chi connectivity index (χ3n) is 3.52. The summed E-state index contributed by atoms with van der Waals surface area (Å²) in [6, 6.07) is 3.77. The van der Waals surface area contributed by atoms with Crippen LogP contribution < -0.4 is 9.64 Å². The van der Waals surface area contributed by atoms with Gasteiger partial charge in [-0.2, -0.15) is 0 Å². The Hall–Kier alpha value is -2.09. The van der Waals surface area contributed by atoms with Gasteiger partial charge in [0.1, 0.15) is 17.3 Å². The van der Waals surface area contributed by atoms with E-state index in [4.69, 9.17) is 4.74 Å². The molecule has 1 aliphatic heterocycles. The van der Waals surface area contributed by atoms with Gasteiger partial charge in [-0.3, -0.25) is 9.69 Å². The van der Waals surface area contributed by atoms with Gasteiger partial charge >= 0.3 is 6.03 Å². The number of carbonyl (C=O) groups excluding carboxylic acids is 2. The van der Waals surface area contributed by atoms with Crippen LogP contribution in [0.3, 0.4) is 0 Å². The molecule has 0 unspecified atom stereocenters. The van der Waals surface area contributed by atoms with E-state index in [0.717, 1.165) is 10.7 Å². The number of carbonyl (C=O) groups is 2. The number of rotatable bonds is 6. The van der Waals surface area contributed by atoms with Gasteiger partial charge in [-0.1, -0.05) is 13.3 Å². The fourth-order valence-electron chi connectivity index (χ4n) is 2.26. The predicted molar refractivity (Wildman–Crippen MR) is 85.2 cm³/mol. The van der Waals surface area contributed by atoms with Crippen molar-refractivity contribution in [1.29, 1.82) is 0 Å². The molecule has 0 bridgehead atoms. The maximum Gasteiger partial charge on any atom is 0.338 e. The highest BCUT2D eigenvalue weighted by Gasteiger charge is 2.39. The van der Waals surface area contributed by atoms with Gasteiger partial charge in [-0.15, -0.1) is 0 Å². The van der Waals surface area contributed by atoms with Crippen LogP contribution in [0.4, 0.5) is 10.5 Å². The molecule has 8 heteroatoms. The molecular formula is C15H20N2O5S. The van der Waals surface area contributed by atoms with E-state index in [-0.39, 0.29) is 29.5 Å². The molecule has 0 atom stereocenters. The lowest BCUT2D eigenvalue weighted by Crippen LogP contribution is -2.49. The molecule has 1 heterocycles. The Bertz CT molecular complexity index is 729. The molecule has 0 saturated heterocycles. The Morgan fingerprint density at radius 1 is 1.30 bits per heavy atom. The molecule has 0 N–H and O–H groups in total. The maximum atomic E-state index is 12.6. The third-order valence-corrected chi connectivity index (χ3v) is 5.34. The average molecular weight is 340 g/mol. The first-order chi connectivity index (χ1) is 10.8. The minimum absolute atomic E-state index is 0.0610. The van der Waals surface area contributed by atoms with Crippen LogP contribution in [0.15, 0.2) is 23.1 Å². The van der Waals surface area contributed by atoms with Crippen molar-refractivity contribution in [1.82, 2.24) is 4.31 Å². The van der Waals surface area contributed by atoms with Gasteiger partial charge in [0.25, 0.3) is 10.0 Å². The number of sulfonamides is 1. The largest absolute Gasteiger partial charge is 0.486 e. The summed E-state index contributed by atoms with van der Waals surface area (Å²) in [6.45, 7) is 3.37. The molecule has 0 aromatic heterocycles. The number of urea groups is 1. The monoisotopic (exact) mass is 340 g/mol. The van der Waals surface area contributed by atoms with Crippen LogP contribution in [0.25, 0.3) is 0 Å². The van der Waals surface area contributed by atoms with Crippen LogP contribution in [-0.2, 0) is 14.8 Å². The molecule has 0 fully saturated rings. The zero-order chi connectivity index (χ0) is 17.2. The quantitative estimate of drug-likeness (QED) is 0.791. The van der Waals surface area contributed by atoms with E-state index in [1.807, 2.05) is 6.92 Å². The summed E-state index contributed by atoms with van der Waals surface area (Å²) in [7, 11) is -2.35. The summed E-state index contributed by atoms with van der Waals surface area (Å²) < 4.78 is 31.4. The standard InChI is InChI=1S/C15H20N2O5S/c1-4-5-8-17-15(19)16(3)13-9-12(22-10-11(2)18)6-7-14(13)23(17,20)21/h6-7,9H,4-5,8,10H2,1-3H3. The van der Waals surface area contributed by atoms with Gasteiger partial charge in [0.15, 0.2) is 5.78 Å². The molecule has 1 aliphatic rings. The number of nitrogens with zero attached hydrogens (tertiary/aromatic N) is 2. The number of fused-ring (bicyclic) bond motifs is 1. The topological polar surface area (TPSA) is 84.0 Å². The van der Waals surface area contributed by atoms with E-state index in [2.05, 4.69) is 0 Å². The summed E-state index contributed by atoms with van der Waals surface area (Å²) >= 11 is 0. The lowest BCUT2D eigenvalue weighted by atomic mass is 10.2. The molecule has 23 heavy (non-hydrogen) atoms. The molecule has 2 amide bonds. The van der Waals surface area contributed by atoms with Gasteiger partial charge < -0.3 is 4.74 Å². The number of hydrogen-bond donors (Lipinski definition) is 0. The van der Waals surface area contributed by atoms with Crippen LogP contribution in [0.2, 0.25) is 0 Å². The molecule has 2 rings (SSSR count). The molecule has 0 spiro atoms. The van der Waals surface area contributed by atoms with Gasteiger partial charge in [0.2, 0.25) is 0 Å². The van der Waals surface area contributed by atoms with Crippen LogP contribution in [0.5, 0.6) is 5.75 Å². The second-order valence-corrected chi connectivity index (χ2v) is 7.22. The van der Waals surface area contributed by atoms with Crippen molar-refractivity contribution in [2.24, 2.45) is 0 Å². The second kappa shape index (κ2) is 6.57. The Morgan fingerprint density at radius 2 is 2.00 bits per heavy atom. The number of Topliss-reactive ketones (excluding diaryl/α,β-unsaturated/α-hetero) is 1. The van der Waals surface area contributed by atoms with E-state index in [1.54, 1.807) is 0 Å². The Kier molecular flexibility index (Phi) is 4.93. The fraction of sp³-hybridized carbons (Fsp3) is 0.467. The smallest absolute Gasteiger partial charge is 0.338 e.